The predicted molar refractivity (Wildman–Crippen MR) is 89.6 cm³/mol. The topological polar surface area (TPSA) is 0 Å². The first-order valence-corrected chi connectivity index (χ1v) is 8.21. The van der Waals surface area contributed by atoms with E-state index in [1.807, 2.05) is 0 Å². The first kappa shape index (κ1) is 12.9. The minimum Gasteiger partial charge on any atom is -0.0763 e. The van der Waals surface area contributed by atoms with Crippen LogP contribution in [-0.4, -0.2) is 0 Å². The molecule has 0 amide bonds. The van der Waals surface area contributed by atoms with Crippen molar-refractivity contribution in [2.45, 2.75) is 44.9 Å². The molecule has 0 spiro atoms. The van der Waals surface area contributed by atoms with E-state index in [9.17, 15) is 0 Å². The summed E-state index contributed by atoms with van der Waals surface area (Å²) in [6.07, 6.45) is 8.70. The van der Waals surface area contributed by atoms with Crippen LogP contribution in [-0.2, 0) is 19.3 Å². The highest BCUT2D eigenvalue weighted by molar-refractivity contribution is 5.77. The molecule has 0 aromatic heterocycles. The second kappa shape index (κ2) is 5.18. The van der Waals surface area contributed by atoms with Crippen LogP contribution in [0.15, 0.2) is 48.5 Å². The van der Waals surface area contributed by atoms with Gasteiger partial charge in [0, 0.05) is 0 Å². The van der Waals surface area contributed by atoms with E-state index in [1.54, 1.807) is 27.8 Å². The molecule has 2 aliphatic carbocycles. The molecule has 1 unspecified atom stereocenters. The Labute approximate surface area is 127 Å². The van der Waals surface area contributed by atoms with Crippen LogP contribution < -0.4 is 0 Å². The van der Waals surface area contributed by atoms with Gasteiger partial charge in [-0.25, -0.2) is 0 Å². The fraction of sp³-hybridized carbons (Fsp3) is 0.333. The molecule has 2 aliphatic rings. The Bertz CT molecular complexity index is 691. The van der Waals surface area contributed by atoms with Crippen molar-refractivity contribution in [1.82, 2.24) is 0 Å². The summed E-state index contributed by atoms with van der Waals surface area (Å²) in [4.78, 5) is 0. The zero-order valence-electron chi connectivity index (χ0n) is 12.7. The quantitative estimate of drug-likeness (QED) is 0.711. The van der Waals surface area contributed by atoms with Crippen LogP contribution in [0.4, 0.5) is 0 Å². The van der Waals surface area contributed by atoms with Gasteiger partial charge in [-0.1, -0.05) is 55.5 Å². The maximum absolute atomic E-state index is 2.47. The van der Waals surface area contributed by atoms with Gasteiger partial charge < -0.3 is 0 Å². The highest BCUT2D eigenvalue weighted by Crippen LogP contribution is 2.40. The fourth-order valence-electron chi connectivity index (χ4n) is 4.03. The number of hydrogen-bond donors (Lipinski definition) is 0. The summed E-state index contributed by atoms with van der Waals surface area (Å²) in [5.74, 6) is 0.598. The smallest absolute Gasteiger partial charge is 0.00853 e. The van der Waals surface area contributed by atoms with E-state index in [0.29, 0.717) is 5.92 Å². The van der Waals surface area contributed by atoms with Crippen LogP contribution in [0, 0.1) is 0 Å². The average molecular weight is 274 g/mol. The van der Waals surface area contributed by atoms with Crippen LogP contribution in [0.3, 0.4) is 0 Å². The van der Waals surface area contributed by atoms with Crippen molar-refractivity contribution in [3.63, 3.8) is 0 Å². The van der Waals surface area contributed by atoms with Crippen molar-refractivity contribution in [1.29, 1.82) is 0 Å². The third kappa shape index (κ3) is 2.23. The lowest BCUT2D eigenvalue weighted by atomic mass is 9.88. The predicted octanol–water partition coefficient (Wildman–Crippen LogP) is 5.31. The maximum atomic E-state index is 2.47. The van der Waals surface area contributed by atoms with E-state index in [0.717, 1.165) is 6.42 Å². The van der Waals surface area contributed by atoms with Gasteiger partial charge in [-0.15, -0.1) is 0 Å². The SMILES string of the molecule is CC(CC1=CCc2ccc3c(c21)CCC3)c1ccccc1. The number of allylic oxidation sites excluding steroid dienone is 2. The van der Waals surface area contributed by atoms with Crippen molar-refractivity contribution in [3.8, 4) is 0 Å². The van der Waals surface area contributed by atoms with E-state index >= 15 is 0 Å². The van der Waals surface area contributed by atoms with Crippen LogP contribution in [0.1, 0.15) is 53.5 Å². The lowest BCUT2D eigenvalue weighted by molar-refractivity contribution is 0.791. The largest absolute Gasteiger partial charge is 0.0763 e. The number of fused-ring (bicyclic) bond motifs is 3. The second-order valence-corrected chi connectivity index (χ2v) is 6.54. The fourth-order valence-corrected chi connectivity index (χ4v) is 4.03. The minimum atomic E-state index is 0.598. The van der Waals surface area contributed by atoms with Crippen LogP contribution in [0.5, 0.6) is 0 Å². The molecule has 0 N–H and O–H groups in total. The number of rotatable bonds is 3. The first-order chi connectivity index (χ1) is 10.3. The van der Waals surface area contributed by atoms with Crippen molar-refractivity contribution in [2.24, 2.45) is 0 Å². The molecular formula is C21H22. The summed E-state index contributed by atoms with van der Waals surface area (Å²) in [5.41, 5.74) is 9.50. The molecule has 2 aromatic rings. The molecule has 2 aromatic carbocycles. The lowest BCUT2D eigenvalue weighted by Crippen LogP contribution is -1.98. The van der Waals surface area contributed by atoms with Crippen LogP contribution >= 0.6 is 0 Å². The highest BCUT2D eigenvalue weighted by atomic mass is 14.3. The van der Waals surface area contributed by atoms with Gasteiger partial charge in [0.15, 0.2) is 0 Å². The van der Waals surface area contributed by atoms with E-state index in [2.05, 4.69) is 55.5 Å². The van der Waals surface area contributed by atoms with Gasteiger partial charge in [-0.2, -0.15) is 0 Å². The van der Waals surface area contributed by atoms with Gasteiger partial charge in [0.25, 0.3) is 0 Å². The molecule has 1 atom stereocenters. The van der Waals surface area contributed by atoms with E-state index < -0.39 is 0 Å². The van der Waals surface area contributed by atoms with Gasteiger partial charge in [0.2, 0.25) is 0 Å². The molecule has 0 heterocycles. The number of benzene rings is 2. The summed E-state index contributed by atoms with van der Waals surface area (Å²) in [6.45, 7) is 2.36. The summed E-state index contributed by atoms with van der Waals surface area (Å²) >= 11 is 0. The Kier molecular flexibility index (Phi) is 3.18. The second-order valence-electron chi connectivity index (χ2n) is 6.54. The van der Waals surface area contributed by atoms with E-state index in [-0.39, 0.29) is 0 Å². The molecule has 106 valence electrons. The summed E-state index contributed by atoms with van der Waals surface area (Å²) < 4.78 is 0. The Morgan fingerprint density at radius 2 is 1.76 bits per heavy atom. The van der Waals surface area contributed by atoms with Crippen LogP contribution in [0.2, 0.25) is 0 Å². The Morgan fingerprint density at radius 1 is 0.952 bits per heavy atom. The molecule has 0 fully saturated rings. The summed E-state index contributed by atoms with van der Waals surface area (Å²) in [6, 6.07) is 15.7. The normalized spacial score (nSPS) is 17.3. The molecule has 0 nitrogen and oxygen atoms in total. The standard InChI is InChI=1S/C21H22/c1-15(16-6-3-2-4-7-16)14-19-13-12-18-11-10-17-8-5-9-20(17)21(18)19/h2-4,6-7,10-11,13,15H,5,8-9,12,14H2,1H3. The van der Waals surface area contributed by atoms with Crippen molar-refractivity contribution < 1.29 is 0 Å². The van der Waals surface area contributed by atoms with Crippen LogP contribution in [0.25, 0.3) is 5.57 Å². The number of aryl methyl sites for hydroxylation is 1. The highest BCUT2D eigenvalue weighted by Gasteiger charge is 2.24. The maximum Gasteiger partial charge on any atom is -0.00853 e. The summed E-state index contributed by atoms with van der Waals surface area (Å²) in [5, 5.41) is 0. The molecule has 0 bridgehead atoms. The molecule has 0 radical (unpaired) electrons. The van der Waals surface area contributed by atoms with Gasteiger partial charge in [-0.05, 0) is 71.4 Å². The third-order valence-electron chi connectivity index (χ3n) is 5.15. The molecular weight excluding hydrogens is 252 g/mol. The molecule has 0 heteroatoms. The van der Waals surface area contributed by atoms with E-state index in [1.165, 1.54) is 31.2 Å². The molecule has 0 saturated heterocycles. The van der Waals surface area contributed by atoms with E-state index in [4.69, 9.17) is 0 Å². The third-order valence-corrected chi connectivity index (χ3v) is 5.15. The Morgan fingerprint density at radius 3 is 2.62 bits per heavy atom. The minimum absolute atomic E-state index is 0.598. The number of hydrogen-bond acceptors (Lipinski definition) is 0. The van der Waals surface area contributed by atoms with Crippen molar-refractivity contribution in [3.05, 3.63) is 76.4 Å². The lowest BCUT2D eigenvalue weighted by Gasteiger charge is -2.16. The molecule has 0 saturated carbocycles. The molecule has 4 rings (SSSR count). The monoisotopic (exact) mass is 274 g/mol. The van der Waals surface area contributed by atoms with Gasteiger partial charge in [0.05, 0.1) is 0 Å². The molecule has 0 aliphatic heterocycles. The average Bonchev–Trinajstić information content (AvgIpc) is 3.14. The Hall–Kier alpha value is -1.82. The zero-order chi connectivity index (χ0) is 14.2. The zero-order valence-corrected chi connectivity index (χ0v) is 12.7. The molecule has 21 heavy (non-hydrogen) atoms. The Balaban J connectivity index is 1.64. The van der Waals surface area contributed by atoms with Gasteiger partial charge in [0.1, 0.15) is 0 Å². The first-order valence-electron chi connectivity index (χ1n) is 8.21. The van der Waals surface area contributed by atoms with Crippen molar-refractivity contribution in [2.75, 3.05) is 0 Å². The van der Waals surface area contributed by atoms with Gasteiger partial charge >= 0.3 is 0 Å². The van der Waals surface area contributed by atoms with Crippen molar-refractivity contribution >= 4 is 5.57 Å². The van der Waals surface area contributed by atoms with Gasteiger partial charge in [-0.3, -0.25) is 0 Å². The summed E-state index contributed by atoms with van der Waals surface area (Å²) in [7, 11) is 0.